The number of aryl methyl sites for hydroxylation is 1. The summed E-state index contributed by atoms with van der Waals surface area (Å²) in [5.74, 6) is 0.730. The normalized spacial score (nSPS) is 11.5. The Bertz CT molecular complexity index is 1230. The first-order chi connectivity index (χ1) is 16.7. The molecular weight excluding hydrogens is 483 g/mol. The molecule has 1 amide bonds. The Hall–Kier alpha value is -2.84. The summed E-state index contributed by atoms with van der Waals surface area (Å²) in [5, 5.41) is 2.79. The zero-order valence-electron chi connectivity index (χ0n) is 20.2. The molecule has 0 bridgehead atoms. The maximum absolute atomic E-state index is 13.7. The van der Waals surface area contributed by atoms with E-state index in [4.69, 9.17) is 0 Å². The third-order valence-electron chi connectivity index (χ3n) is 5.53. The first kappa shape index (κ1) is 26.8. The predicted octanol–water partition coefficient (Wildman–Crippen LogP) is 5.50. The third-order valence-corrected chi connectivity index (χ3v) is 8.32. The molecule has 0 saturated heterocycles. The van der Waals surface area contributed by atoms with Gasteiger partial charge in [-0.3, -0.25) is 9.10 Å². The molecular formula is C27H31FN2O3S2. The van der Waals surface area contributed by atoms with Gasteiger partial charge in [-0.15, -0.1) is 0 Å². The molecule has 0 heterocycles. The van der Waals surface area contributed by atoms with Crippen LogP contribution in [-0.4, -0.2) is 33.2 Å². The minimum absolute atomic E-state index is 0.129. The smallest absolute Gasteiger partial charge is 0.264 e. The number of benzene rings is 3. The molecule has 0 radical (unpaired) electrons. The number of sulfonamides is 1. The van der Waals surface area contributed by atoms with Gasteiger partial charge in [0, 0.05) is 18.1 Å². The number of halogens is 1. The molecule has 0 fully saturated rings. The minimum Gasteiger partial charge on any atom is -0.354 e. The van der Waals surface area contributed by atoms with Crippen molar-refractivity contribution in [3.8, 4) is 0 Å². The molecule has 35 heavy (non-hydrogen) atoms. The summed E-state index contributed by atoms with van der Waals surface area (Å²) in [5.41, 5.74) is 3.07. The number of rotatable bonds is 11. The van der Waals surface area contributed by atoms with Crippen molar-refractivity contribution in [2.75, 3.05) is 23.1 Å². The van der Waals surface area contributed by atoms with E-state index in [2.05, 4.69) is 19.2 Å². The van der Waals surface area contributed by atoms with Crippen molar-refractivity contribution in [2.45, 2.75) is 37.3 Å². The van der Waals surface area contributed by atoms with Crippen LogP contribution in [0.4, 0.5) is 10.1 Å². The zero-order chi connectivity index (χ0) is 25.4. The van der Waals surface area contributed by atoms with Crippen molar-refractivity contribution in [1.29, 1.82) is 0 Å². The topological polar surface area (TPSA) is 66.5 Å². The molecule has 0 aliphatic carbocycles. The van der Waals surface area contributed by atoms with Crippen molar-refractivity contribution >= 4 is 33.4 Å². The van der Waals surface area contributed by atoms with E-state index in [1.165, 1.54) is 17.8 Å². The summed E-state index contributed by atoms with van der Waals surface area (Å²) in [6.45, 7) is 6.02. The van der Waals surface area contributed by atoms with Crippen LogP contribution in [0.2, 0.25) is 0 Å². The largest absolute Gasteiger partial charge is 0.354 e. The van der Waals surface area contributed by atoms with E-state index in [-0.39, 0.29) is 17.3 Å². The van der Waals surface area contributed by atoms with Crippen molar-refractivity contribution < 1.29 is 17.6 Å². The maximum atomic E-state index is 13.7. The van der Waals surface area contributed by atoms with Gasteiger partial charge < -0.3 is 5.32 Å². The predicted molar refractivity (Wildman–Crippen MR) is 142 cm³/mol. The number of carbonyl (C=O) groups is 1. The quantitative estimate of drug-likeness (QED) is 0.343. The first-order valence-electron chi connectivity index (χ1n) is 11.5. The third kappa shape index (κ3) is 7.32. The highest BCUT2D eigenvalue weighted by Crippen LogP contribution is 2.26. The summed E-state index contributed by atoms with van der Waals surface area (Å²) in [6.07, 6.45) is 0. The molecule has 3 aromatic rings. The first-order valence-corrected chi connectivity index (χ1v) is 14.0. The molecule has 3 rings (SSSR count). The van der Waals surface area contributed by atoms with E-state index >= 15 is 0 Å². The average molecular weight is 515 g/mol. The van der Waals surface area contributed by atoms with Gasteiger partial charge in [-0.1, -0.05) is 61.9 Å². The number of hydrogen-bond acceptors (Lipinski definition) is 4. The summed E-state index contributed by atoms with van der Waals surface area (Å²) in [6, 6.07) is 20.4. The highest BCUT2D eigenvalue weighted by Gasteiger charge is 2.27. The number of carbonyl (C=O) groups excluding carboxylic acids is 1. The molecule has 0 saturated carbocycles. The SMILES string of the molecule is Cc1ccc(S(=O)(=O)N(CC(=O)NCCSCc2ccccc2F)c2ccc(C(C)C)cc2)cc1. The van der Waals surface area contributed by atoms with E-state index in [0.717, 1.165) is 15.4 Å². The van der Waals surface area contributed by atoms with Gasteiger partial charge in [0.25, 0.3) is 10.0 Å². The molecule has 0 aliphatic heterocycles. The maximum Gasteiger partial charge on any atom is 0.264 e. The monoisotopic (exact) mass is 514 g/mol. The Morgan fingerprint density at radius 2 is 1.66 bits per heavy atom. The van der Waals surface area contributed by atoms with Crippen LogP contribution in [0.1, 0.15) is 36.5 Å². The lowest BCUT2D eigenvalue weighted by atomic mass is 10.0. The van der Waals surface area contributed by atoms with Crippen LogP contribution in [0.25, 0.3) is 0 Å². The van der Waals surface area contributed by atoms with E-state index in [0.29, 0.717) is 35.2 Å². The van der Waals surface area contributed by atoms with E-state index in [1.54, 1.807) is 54.6 Å². The van der Waals surface area contributed by atoms with Gasteiger partial charge in [0.1, 0.15) is 12.4 Å². The van der Waals surface area contributed by atoms with Crippen LogP contribution in [-0.2, 0) is 20.6 Å². The van der Waals surface area contributed by atoms with Gasteiger partial charge >= 0.3 is 0 Å². The fourth-order valence-corrected chi connectivity index (χ4v) is 5.69. The van der Waals surface area contributed by atoms with Crippen molar-refractivity contribution in [1.82, 2.24) is 5.32 Å². The van der Waals surface area contributed by atoms with E-state index < -0.39 is 15.9 Å². The van der Waals surface area contributed by atoms with Gasteiger partial charge in [0.15, 0.2) is 0 Å². The number of hydrogen-bond donors (Lipinski definition) is 1. The Balaban J connectivity index is 1.68. The number of amides is 1. The van der Waals surface area contributed by atoms with E-state index in [9.17, 15) is 17.6 Å². The van der Waals surface area contributed by atoms with Gasteiger partial charge in [-0.2, -0.15) is 11.8 Å². The van der Waals surface area contributed by atoms with Gasteiger partial charge in [0.05, 0.1) is 10.6 Å². The molecule has 0 spiro atoms. The van der Waals surface area contributed by atoms with Gasteiger partial charge in [-0.05, 0) is 54.3 Å². The Kier molecular flexibility index (Phi) is 9.34. The lowest BCUT2D eigenvalue weighted by molar-refractivity contribution is -0.119. The lowest BCUT2D eigenvalue weighted by Crippen LogP contribution is -2.41. The highest BCUT2D eigenvalue weighted by molar-refractivity contribution is 7.98. The van der Waals surface area contributed by atoms with Crippen LogP contribution in [0.15, 0.2) is 77.7 Å². The molecule has 3 aromatic carbocycles. The summed E-state index contributed by atoms with van der Waals surface area (Å²) >= 11 is 1.50. The molecule has 186 valence electrons. The van der Waals surface area contributed by atoms with E-state index in [1.807, 2.05) is 19.1 Å². The second-order valence-corrected chi connectivity index (χ2v) is 11.5. The minimum atomic E-state index is -3.95. The average Bonchev–Trinajstić information content (AvgIpc) is 2.83. The molecule has 0 atom stereocenters. The Morgan fingerprint density at radius 3 is 2.29 bits per heavy atom. The Morgan fingerprint density at radius 1 is 1.00 bits per heavy atom. The van der Waals surface area contributed by atoms with Crippen molar-refractivity contribution in [2.24, 2.45) is 0 Å². The van der Waals surface area contributed by atoms with Crippen LogP contribution in [0, 0.1) is 12.7 Å². The zero-order valence-corrected chi connectivity index (χ0v) is 21.8. The van der Waals surface area contributed by atoms with Crippen LogP contribution in [0.3, 0.4) is 0 Å². The molecule has 1 N–H and O–H groups in total. The Labute approximate surface area is 211 Å². The standard InChI is InChI=1S/C27H31FN2O3S2/c1-20(2)22-10-12-24(13-11-22)30(35(32,33)25-14-8-21(3)9-15-25)18-27(31)29-16-17-34-19-23-6-4-5-7-26(23)28/h4-15,20H,16-19H2,1-3H3,(H,29,31). The fourth-order valence-electron chi connectivity index (χ4n) is 3.42. The van der Waals surface area contributed by atoms with Crippen molar-refractivity contribution in [3.05, 3.63) is 95.3 Å². The van der Waals surface area contributed by atoms with Gasteiger partial charge in [-0.25, -0.2) is 12.8 Å². The second-order valence-electron chi connectivity index (χ2n) is 8.56. The number of anilines is 1. The number of nitrogens with zero attached hydrogens (tertiary/aromatic N) is 1. The second kappa shape index (κ2) is 12.2. The fraction of sp³-hybridized carbons (Fsp3) is 0.296. The van der Waals surface area contributed by atoms with Gasteiger partial charge in [0.2, 0.25) is 5.91 Å². The summed E-state index contributed by atoms with van der Waals surface area (Å²) in [4.78, 5) is 12.9. The molecule has 0 aliphatic rings. The molecule has 0 unspecified atom stereocenters. The highest BCUT2D eigenvalue weighted by atomic mass is 32.2. The molecule has 8 heteroatoms. The summed E-state index contributed by atoms with van der Waals surface area (Å²) < 4.78 is 41.8. The number of nitrogens with one attached hydrogen (secondary N) is 1. The van der Waals surface area contributed by atoms with Crippen LogP contribution < -0.4 is 9.62 Å². The lowest BCUT2D eigenvalue weighted by Gasteiger charge is -2.24. The van der Waals surface area contributed by atoms with Crippen LogP contribution in [0.5, 0.6) is 0 Å². The van der Waals surface area contributed by atoms with Crippen molar-refractivity contribution in [3.63, 3.8) is 0 Å². The molecule has 5 nitrogen and oxygen atoms in total. The summed E-state index contributed by atoms with van der Waals surface area (Å²) in [7, 11) is -3.95. The molecule has 0 aromatic heterocycles. The van der Waals surface area contributed by atoms with Crippen LogP contribution >= 0.6 is 11.8 Å². The number of thioether (sulfide) groups is 1.